The SMILES string of the molecule is COc1ccc(-n2cnnc2Cl)cc1Br. The van der Waals surface area contributed by atoms with Crippen LogP contribution in [-0.2, 0) is 0 Å². The highest BCUT2D eigenvalue weighted by molar-refractivity contribution is 9.10. The van der Waals surface area contributed by atoms with Gasteiger partial charge in [0.15, 0.2) is 0 Å². The molecule has 0 saturated carbocycles. The van der Waals surface area contributed by atoms with Gasteiger partial charge in [-0.25, -0.2) is 0 Å². The molecule has 2 rings (SSSR count). The predicted octanol–water partition coefficient (Wildman–Crippen LogP) is 2.69. The molecular formula is C9H7BrClN3O. The van der Waals surface area contributed by atoms with Crippen molar-refractivity contribution >= 4 is 27.5 Å². The molecule has 0 saturated heterocycles. The van der Waals surface area contributed by atoms with E-state index in [1.807, 2.05) is 18.2 Å². The quantitative estimate of drug-likeness (QED) is 0.853. The van der Waals surface area contributed by atoms with Crippen LogP contribution in [0.15, 0.2) is 29.0 Å². The van der Waals surface area contributed by atoms with Gasteiger partial charge in [-0.05, 0) is 45.7 Å². The van der Waals surface area contributed by atoms with Crippen LogP contribution in [0.4, 0.5) is 0 Å². The third-order valence-corrected chi connectivity index (χ3v) is 2.80. The lowest BCUT2D eigenvalue weighted by Gasteiger charge is -2.06. The minimum atomic E-state index is 0.326. The van der Waals surface area contributed by atoms with Crippen molar-refractivity contribution in [2.75, 3.05) is 7.11 Å². The topological polar surface area (TPSA) is 39.9 Å². The number of benzene rings is 1. The van der Waals surface area contributed by atoms with Gasteiger partial charge < -0.3 is 4.74 Å². The molecule has 0 N–H and O–H groups in total. The first kappa shape index (κ1) is 10.4. The van der Waals surface area contributed by atoms with Crippen molar-refractivity contribution in [1.29, 1.82) is 0 Å². The summed E-state index contributed by atoms with van der Waals surface area (Å²) in [5.74, 6) is 0.767. The fourth-order valence-electron chi connectivity index (χ4n) is 1.20. The van der Waals surface area contributed by atoms with Crippen LogP contribution in [0.25, 0.3) is 5.69 Å². The summed E-state index contributed by atoms with van der Waals surface area (Å²) in [5.41, 5.74) is 0.873. The van der Waals surface area contributed by atoms with Gasteiger partial charge in [0.05, 0.1) is 17.3 Å². The molecule has 6 heteroatoms. The zero-order valence-electron chi connectivity index (χ0n) is 7.82. The summed E-state index contributed by atoms with van der Waals surface area (Å²) < 4.78 is 7.65. The second-order valence-electron chi connectivity index (χ2n) is 2.79. The summed E-state index contributed by atoms with van der Waals surface area (Å²) in [6.45, 7) is 0. The van der Waals surface area contributed by atoms with Crippen LogP contribution >= 0.6 is 27.5 Å². The van der Waals surface area contributed by atoms with Crippen molar-refractivity contribution in [1.82, 2.24) is 14.8 Å². The van der Waals surface area contributed by atoms with E-state index in [1.165, 1.54) is 0 Å². The molecule has 0 aliphatic carbocycles. The first-order valence-corrected chi connectivity index (χ1v) is 5.29. The van der Waals surface area contributed by atoms with E-state index in [9.17, 15) is 0 Å². The van der Waals surface area contributed by atoms with Crippen LogP contribution in [0.3, 0.4) is 0 Å². The summed E-state index contributed by atoms with van der Waals surface area (Å²) in [4.78, 5) is 0. The molecule has 0 fully saturated rings. The van der Waals surface area contributed by atoms with Gasteiger partial charge in [-0.1, -0.05) is 0 Å². The predicted molar refractivity (Wildman–Crippen MR) is 60.6 cm³/mol. The minimum Gasteiger partial charge on any atom is -0.496 e. The maximum atomic E-state index is 5.84. The number of nitrogens with zero attached hydrogens (tertiary/aromatic N) is 3. The molecule has 0 aliphatic heterocycles. The van der Waals surface area contributed by atoms with Crippen molar-refractivity contribution < 1.29 is 4.74 Å². The Morgan fingerprint density at radius 2 is 2.27 bits per heavy atom. The average Bonchev–Trinajstić information content (AvgIpc) is 2.64. The van der Waals surface area contributed by atoms with Gasteiger partial charge in [0.25, 0.3) is 0 Å². The summed E-state index contributed by atoms with van der Waals surface area (Å²) in [7, 11) is 1.62. The lowest BCUT2D eigenvalue weighted by atomic mass is 10.3. The number of rotatable bonds is 2. The number of ether oxygens (including phenoxy) is 1. The molecule has 1 aromatic heterocycles. The van der Waals surface area contributed by atoms with E-state index in [4.69, 9.17) is 16.3 Å². The highest BCUT2D eigenvalue weighted by Gasteiger charge is 2.06. The molecule has 0 radical (unpaired) electrons. The summed E-state index contributed by atoms with van der Waals surface area (Å²) in [6, 6.07) is 5.60. The lowest BCUT2D eigenvalue weighted by Crippen LogP contribution is -1.93. The molecule has 0 bridgehead atoms. The van der Waals surface area contributed by atoms with Gasteiger partial charge in [0.2, 0.25) is 5.28 Å². The van der Waals surface area contributed by atoms with Gasteiger partial charge >= 0.3 is 0 Å². The molecule has 0 spiro atoms. The molecule has 0 amide bonds. The van der Waals surface area contributed by atoms with E-state index in [1.54, 1.807) is 18.0 Å². The van der Waals surface area contributed by atoms with Crippen molar-refractivity contribution in [2.45, 2.75) is 0 Å². The smallest absolute Gasteiger partial charge is 0.229 e. The van der Waals surface area contributed by atoms with Crippen molar-refractivity contribution in [2.24, 2.45) is 0 Å². The number of halogens is 2. The van der Waals surface area contributed by atoms with E-state index >= 15 is 0 Å². The van der Waals surface area contributed by atoms with Crippen LogP contribution in [0.1, 0.15) is 0 Å². The molecular weight excluding hydrogens is 281 g/mol. The standard InChI is InChI=1S/C9H7BrClN3O/c1-15-8-3-2-6(4-7(8)10)14-5-12-13-9(14)11/h2-5H,1H3. The first-order valence-electron chi connectivity index (χ1n) is 4.12. The Kier molecular flexibility index (Phi) is 2.93. The normalized spacial score (nSPS) is 10.3. The average molecular weight is 289 g/mol. The molecule has 0 unspecified atom stereocenters. The number of hydrogen-bond acceptors (Lipinski definition) is 3. The number of aromatic nitrogens is 3. The van der Waals surface area contributed by atoms with Gasteiger partial charge in [0.1, 0.15) is 12.1 Å². The molecule has 1 aromatic carbocycles. The van der Waals surface area contributed by atoms with Gasteiger partial charge in [-0.15, -0.1) is 10.2 Å². The molecule has 2 aromatic rings. The lowest BCUT2D eigenvalue weighted by molar-refractivity contribution is 0.412. The Morgan fingerprint density at radius 3 is 2.80 bits per heavy atom. The Bertz CT molecular complexity index is 486. The van der Waals surface area contributed by atoms with Crippen molar-refractivity contribution in [3.8, 4) is 11.4 Å². The van der Waals surface area contributed by atoms with Crippen molar-refractivity contribution in [3.63, 3.8) is 0 Å². The summed E-state index contributed by atoms with van der Waals surface area (Å²) in [6.07, 6.45) is 1.55. The molecule has 1 heterocycles. The highest BCUT2D eigenvalue weighted by Crippen LogP contribution is 2.27. The van der Waals surface area contributed by atoms with Crippen LogP contribution in [0.2, 0.25) is 5.28 Å². The third-order valence-electron chi connectivity index (χ3n) is 1.92. The van der Waals surface area contributed by atoms with E-state index in [0.717, 1.165) is 15.9 Å². The van der Waals surface area contributed by atoms with E-state index in [0.29, 0.717) is 5.28 Å². The Labute approximate surface area is 100.0 Å². The largest absolute Gasteiger partial charge is 0.496 e. The summed E-state index contributed by atoms with van der Waals surface area (Å²) >= 11 is 9.24. The Hall–Kier alpha value is -1.07. The monoisotopic (exact) mass is 287 g/mol. The first-order chi connectivity index (χ1) is 7.22. The molecule has 4 nitrogen and oxygen atoms in total. The Morgan fingerprint density at radius 1 is 1.47 bits per heavy atom. The van der Waals surface area contributed by atoms with Gasteiger partial charge in [-0.2, -0.15) is 0 Å². The minimum absolute atomic E-state index is 0.326. The van der Waals surface area contributed by atoms with Gasteiger partial charge in [0, 0.05) is 0 Å². The zero-order chi connectivity index (χ0) is 10.8. The zero-order valence-corrected chi connectivity index (χ0v) is 10.2. The Balaban J connectivity index is 2.47. The molecule has 15 heavy (non-hydrogen) atoms. The number of methoxy groups -OCH3 is 1. The van der Waals surface area contributed by atoms with Crippen LogP contribution in [0, 0.1) is 0 Å². The second-order valence-corrected chi connectivity index (χ2v) is 3.98. The van der Waals surface area contributed by atoms with E-state index in [-0.39, 0.29) is 0 Å². The van der Waals surface area contributed by atoms with Crippen molar-refractivity contribution in [3.05, 3.63) is 34.3 Å². The van der Waals surface area contributed by atoms with E-state index < -0.39 is 0 Å². The fourth-order valence-corrected chi connectivity index (χ4v) is 1.91. The third kappa shape index (κ3) is 1.98. The van der Waals surface area contributed by atoms with Gasteiger partial charge in [-0.3, -0.25) is 4.57 Å². The second kappa shape index (κ2) is 4.20. The van der Waals surface area contributed by atoms with Crippen LogP contribution in [-0.4, -0.2) is 21.9 Å². The maximum absolute atomic E-state index is 5.84. The van der Waals surface area contributed by atoms with Crippen LogP contribution < -0.4 is 4.74 Å². The molecule has 0 atom stereocenters. The van der Waals surface area contributed by atoms with Crippen LogP contribution in [0.5, 0.6) is 5.75 Å². The highest BCUT2D eigenvalue weighted by atomic mass is 79.9. The molecule has 78 valence electrons. The number of hydrogen-bond donors (Lipinski definition) is 0. The maximum Gasteiger partial charge on any atom is 0.229 e. The summed E-state index contributed by atoms with van der Waals surface area (Å²) in [5, 5.41) is 7.73. The molecule has 0 aliphatic rings. The van der Waals surface area contributed by atoms with E-state index in [2.05, 4.69) is 26.1 Å². The fraction of sp³-hybridized carbons (Fsp3) is 0.111.